The maximum atomic E-state index is 11.6. The van der Waals surface area contributed by atoms with Crippen molar-refractivity contribution < 1.29 is 8.42 Å². The molecule has 0 aliphatic rings. The van der Waals surface area contributed by atoms with Crippen molar-refractivity contribution in [3.63, 3.8) is 0 Å². The van der Waals surface area contributed by atoms with Crippen LogP contribution in [0.5, 0.6) is 0 Å². The Kier molecular flexibility index (Phi) is 6.23. The number of hydrogen-bond donors (Lipinski definition) is 2. The minimum Gasteiger partial charge on any atom is -0.316 e. The minimum atomic E-state index is -3.20. The molecule has 1 heterocycles. The first-order valence-corrected chi connectivity index (χ1v) is 7.71. The third-order valence-corrected chi connectivity index (χ3v) is 3.68. The summed E-state index contributed by atoms with van der Waals surface area (Å²) in [5, 5.41) is 7.13. The van der Waals surface area contributed by atoms with E-state index >= 15 is 0 Å². The average molecular weight is 275 g/mol. The molecule has 0 aliphatic carbocycles. The number of nitrogens with zero attached hydrogens (tertiary/aromatic N) is 3. The van der Waals surface area contributed by atoms with E-state index in [0.29, 0.717) is 25.3 Å². The molecule has 0 unspecified atom stereocenters. The van der Waals surface area contributed by atoms with Crippen molar-refractivity contribution in [1.29, 1.82) is 0 Å². The standard InChI is InChI=1S/C10H21N5O2S/c1-3-5-11-7-8-18(16,17)13-6-4-10-12-9-15(2)14-10/h9,11,13H,3-8H2,1-2H3. The van der Waals surface area contributed by atoms with E-state index in [1.807, 2.05) is 6.92 Å². The van der Waals surface area contributed by atoms with Gasteiger partial charge in [-0.3, -0.25) is 4.68 Å². The number of rotatable bonds is 9. The summed E-state index contributed by atoms with van der Waals surface area (Å²) in [6, 6.07) is 0. The Bertz CT molecular complexity index is 443. The quantitative estimate of drug-likeness (QED) is 0.580. The molecule has 0 saturated carbocycles. The summed E-state index contributed by atoms with van der Waals surface area (Å²) in [6.45, 7) is 3.69. The summed E-state index contributed by atoms with van der Waals surface area (Å²) in [5.74, 6) is 0.743. The lowest BCUT2D eigenvalue weighted by molar-refractivity contribution is 0.575. The Balaban J connectivity index is 2.20. The van der Waals surface area contributed by atoms with E-state index in [1.54, 1.807) is 18.1 Å². The molecule has 0 bridgehead atoms. The largest absolute Gasteiger partial charge is 0.316 e. The zero-order valence-electron chi connectivity index (χ0n) is 10.9. The van der Waals surface area contributed by atoms with E-state index in [9.17, 15) is 8.42 Å². The average Bonchev–Trinajstić information content (AvgIpc) is 2.70. The molecule has 0 saturated heterocycles. The molecular formula is C10H21N5O2S. The van der Waals surface area contributed by atoms with E-state index in [2.05, 4.69) is 20.1 Å². The fraction of sp³-hybridized carbons (Fsp3) is 0.800. The third kappa shape index (κ3) is 6.08. The van der Waals surface area contributed by atoms with Gasteiger partial charge in [0.2, 0.25) is 10.0 Å². The Morgan fingerprint density at radius 3 is 2.72 bits per heavy atom. The Morgan fingerprint density at radius 1 is 1.33 bits per heavy atom. The molecule has 0 aromatic carbocycles. The van der Waals surface area contributed by atoms with Gasteiger partial charge in [0.15, 0.2) is 5.82 Å². The zero-order chi connectivity index (χ0) is 13.4. The summed E-state index contributed by atoms with van der Waals surface area (Å²) in [4.78, 5) is 4.03. The number of aromatic nitrogens is 3. The lowest BCUT2D eigenvalue weighted by Crippen LogP contribution is -2.33. The monoisotopic (exact) mass is 275 g/mol. The Hall–Kier alpha value is -0.990. The molecule has 0 atom stereocenters. The first-order valence-electron chi connectivity index (χ1n) is 6.06. The van der Waals surface area contributed by atoms with Gasteiger partial charge >= 0.3 is 0 Å². The van der Waals surface area contributed by atoms with Gasteiger partial charge < -0.3 is 5.32 Å². The van der Waals surface area contributed by atoms with E-state index in [1.165, 1.54) is 0 Å². The molecule has 1 rings (SSSR count). The van der Waals surface area contributed by atoms with E-state index in [-0.39, 0.29) is 5.75 Å². The van der Waals surface area contributed by atoms with Crippen LogP contribution in [-0.4, -0.2) is 48.6 Å². The molecule has 0 spiro atoms. The van der Waals surface area contributed by atoms with E-state index < -0.39 is 10.0 Å². The van der Waals surface area contributed by atoms with Gasteiger partial charge in [-0.05, 0) is 13.0 Å². The van der Waals surface area contributed by atoms with Crippen LogP contribution >= 0.6 is 0 Å². The van der Waals surface area contributed by atoms with Crippen molar-refractivity contribution in [3.8, 4) is 0 Å². The van der Waals surface area contributed by atoms with Crippen molar-refractivity contribution in [3.05, 3.63) is 12.2 Å². The number of sulfonamides is 1. The number of aryl methyl sites for hydroxylation is 1. The maximum absolute atomic E-state index is 11.6. The van der Waals surface area contributed by atoms with Crippen LogP contribution in [0.25, 0.3) is 0 Å². The van der Waals surface area contributed by atoms with Gasteiger partial charge in [0.25, 0.3) is 0 Å². The molecular weight excluding hydrogens is 254 g/mol. The van der Waals surface area contributed by atoms with E-state index in [4.69, 9.17) is 0 Å². The van der Waals surface area contributed by atoms with Crippen LogP contribution in [0.1, 0.15) is 19.2 Å². The lowest BCUT2D eigenvalue weighted by Gasteiger charge is -2.06. The topological polar surface area (TPSA) is 88.9 Å². The second kappa shape index (κ2) is 7.45. The smallest absolute Gasteiger partial charge is 0.212 e. The first kappa shape index (κ1) is 15.1. The molecule has 1 aromatic rings. The van der Waals surface area contributed by atoms with Gasteiger partial charge in [-0.2, -0.15) is 5.10 Å². The Morgan fingerprint density at radius 2 is 2.11 bits per heavy atom. The molecule has 104 valence electrons. The van der Waals surface area contributed by atoms with Crippen LogP contribution in [-0.2, 0) is 23.5 Å². The normalized spacial score (nSPS) is 11.9. The molecule has 0 radical (unpaired) electrons. The minimum absolute atomic E-state index is 0.0998. The molecule has 0 fully saturated rings. The summed E-state index contributed by atoms with van der Waals surface area (Å²) < 4.78 is 27.3. The number of nitrogens with one attached hydrogen (secondary N) is 2. The van der Waals surface area contributed by atoms with Crippen LogP contribution in [0.15, 0.2) is 6.33 Å². The highest BCUT2D eigenvalue weighted by Gasteiger charge is 2.09. The first-order chi connectivity index (χ1) is 8.53. The SMILES string of the molecule is CCCNCCS(=O)(=O)NCCc1ncn(C)n1. The summed E-state index contributed by atoms with van der Waals surface area (Å²) >= 11 is 0. The maximum Gasteiger partial charge on any atom is 0.212 e. The zero-order valence-corrected chi connectivity index (χ0v) is 11.7. The second-order valence-electron chi connectivity index (χ2n) is 4.05. The van der Waals surface area contributed by atoms with Crippen LogP contribution in [0.4, 0.5) is 0 Å². The predicted octanol–water partition coefficient (Wildman–Crippen LogP) is -0.723. The summed E-state index contributed by atoms with van der Waals surface area (Å²) in [7, 11) is -1.42. The molecule has 2 N–H and O–H groups in total. The molecule has 1 aromatic heterocycles. The van der Waals surface area contributed by atoms with Crippen LogP contribution < -0.4 is 10.0 Å². The number of hydrogen-bond acceptors (Lipinski definition) is 5. The van der Waals surface area contributed by atoms with E-state index in [0.717, 1.165) is 13.0 Å². The lowest BCUT2D eigenvalue weighted by atomic mass is 10.4. The van der Waals surface area contributed by atoms with Gasteiger partial charge in [0.1, 0.15) is 6.33 Å². The van der Waals surface area contributed by atoms with Crippen molar-refractivity contribution in [2.24, 2.45) is 7.05 Å². The van der Waals surface area contributed by atoms with Gasteiger partial charge in [-0.25, -0.2) is 18.1 Å². The van der Waals surface area contributed by atoms with Crippen molar-refractivity contribution >= 4 is 10.0 Å². The molecule has 0 aliphatic heterocycles. The predicted molar refractivity (Wildman–Crippen MR) is 69.7 cm³/mol. The van der Waals surface area contributed by atoms with Crippen molar-refractivity contribution in [2.75, 3.05) is 25.4 Å². The van der Waals surface area contributed by atoms with Crippen molar-refractivity contribution in [1.82, 2.24) is 24.8 Å². The summed E-state index contributed by atoms with van der Waals surface area (Å²) in [6.07, 6.45) is 3.10. The van der Waals surface area contributed by atoms with Gasteiger partial charge in [0.05, 0.1) is 5.75 Å². The fourth-order valence-electron chi connectivity index (χ4n) is 1.40. The highest BCUT2D eigenvalue weighted by atomic mass is 32.2. The van der Waals surface area contributed by atoms with Crippen molar-refractivity contribution in [2.45, 2.75) is 19.8 Å². The van der Waals surface area contributed by atoms with Crippen LogP contribution in [0, 0.1) is 0 Å². The molecule has 8 heteroatoms. The van der Waals surface area contributed by atoms with Crippen LogP contribution in [0.3, 0.4) is 0 Å². The van der Waals surface area contributed by atoms with Gasteiger partial charge in [0, 0.05) is 26.6 Å². The van der Waals surface area contributed by atoms with Gasteiger partial charge in [-0.15, -0.1) is 0 Å². The summed E-state index contributed by atoms with van der Waals surface area (Å²) in [5.41, 5.74) is 0. The molecule has 7 nitrogen and oxygen atoms in total. The van der Waals surface area contributed by atoms with Crippen LogP contribution in [0.2, 0.25) is 0 Å². The van der Waals surface area contributed by atoms with Gasteiger partial charge in [-0.1, -0.05) is 6.92 Å². The second-order valence-corrected chi connectivity index (χ2v) is 5.97. The third-order valence-electron chi connectivity index (χ3n) is 2.29. The highest BCUT2D eigenvalue weighted by molar-refractivity contribution is 7.89. The molecule has 18 heavy (non-hydrogen) atoms. The highest BCUT2D eigenvalue weighted by Crippen LogP contribution is 1.90. The molecule has 0 amide bonds. The fourth-order valence-corrected chi connectivity index (χ4v) is 2.37. The Labute approximate surface area is 108 Å².